The Labute approximate surface area is 157 Å². The molecule has 2 aromatic rings. The summed E-state index contributed by atoms with van der Waals surface area (Å²) in [5.74, 6) is -0.824. The van der Waals surface area contributed by atoms with E-state index in [1.165, 1.54) is 17.0 Å². The third-order valence-electron chi connectivity index (χ3n) is 4.81. The maximum atomic E-state index is 13.8. The first-order valence-corrected chi connectivity index (χ1v) is 8.77. The van der Waals surface area contributed by atoms with Crippen LogP contribution in [0.4, 0.5) is 4.39 Å². The number of amides is 2. The van der Waals surface area contributed by atoms with E-state index in [4.69, 9.17) is 0 Å². The van der Waals surface area contributed by atoms with Gasteiger partial charge in [0, 0.05) is 26.2 Å². The zero-order valence-electron chi connectivity index (χ0n) is 15.6. The van der Waals surface area contributed by atoms with E-state index in [1.54, 1.807) is 42.7 Å². The standard InChI is InChI=1S/C19H23FN4O3/c1-12-14(5-4-6-15(12)20)19(27)23-7-8-24-13(11-23)9-16(21-24)17(25)10-18(26)22(2)3/h4-6,9,17,25H,7-8,10-11H2,1-3H3. The molecule has 144 valence electrons. The molecule has 0 radical (unpaired) electrons. The van der Waals surface area contributed by atoms with Crippen molar-refractivity contribution in [1.82, 2.24) is 19.6 Å². The van der Waals surface area contributed by atoms with Crippen molar-refractivity contribution in [3.8, 4) is 0 Å². The number of halogens is 1. The fourth-order valence-electron chi connectivity index (χ4n) is 3.09. The summed E-state index contributed by atoms with van der Waals surface area (Å²) in [5, 5.41) is 14.6. The molecule has 1 aliphatic rings. The molecule has 1 aliphatic heterocycles. The molecule has 1 aromatic carbocycles. The molecule has 1 unspecified atom stereocenters. The number of aliphatic hydroxyl groups is 1. The molecule has 1 atom stereocenters. The monoisotopic (exact) mass is 374 g/mol. The quantitative estimate of drug-likeness (QED) is 0.880. The van der Waals surface area contributed by atoms with Crippen LogP contribution in [-0.2, 0) is 17.9 Å². The zero-order chi connectivity index (χ0) is 19.7. The second-order valence-corrected chi connectivity index (χ2v) is 6.93. The first-order valence-electron chi connectivity index (χ1n) is 8.77. The van der Waals surface area contributed by atoms with Crippen molar-refractivity contribution >= 4 is 11.8 Å². The second kappa shape index (κ2) is 7.48. The van der Waals surface area contributed by atoms with Crippen LogP contribution in [0.3, 0.4) is 0 Å². The Balaban J connectivity index is 1.75. The summed E-state index contributed by atoms with van der Waals surface area (Å²) in [6.45, 7) is 2.82. The van der Waals surface area contributed by atoms with Crippen LogP contribution in [0.5, 0.6) is 0 Å². The minimum Gasteiger partial charge on any atom is -0.386 e. The zero-order valence-corrected chi connectivity index (χ0v) is 15.6. The van der Waals surface area contributed by atoms with Gasteiger partial charge in [-0.05, 0) is 30.7 Å². The van der Waals surface area contributed by atoms with Crippen molar-refractivity contribution in [3.05, 3.63) is 52.6 Å². The second-order valence-electron chi connectivity index (χ2n) is 6.93. The maximum Gasteiger partial charge on any atom is 0.254 e. The number of carbonyl (C=O) groups is 2. The Morgan fingerprint density at radius 3 is 2.78 bits per heavy atom. The Bertz CT molecular complexity index is 878. The number of fused-ring (bicyclic) bond motifs is 1. The highest BCUT2D eigenvalue weighted by Gasteiger charge is 2.26. The fourth-order valence-corrected chi connectivity index (χ4v) is 3.09. The van der Waals surface area contributed by atoms with Gasteiger partial charge in [-0.2, -0.15) is 5.10 Å². The number of aliphatic hydroxyl groups excluding tert-OH is 1. The molecule has 2 heterocycles. The fraction of sp³-hybridized carbons (Fsp3) is 0.421. The first kappa shape index (κ1) is 19.0. The van der Waals surface area contributed by atoms with Gasteiger partial charge in [-0.1, -0.05) is 6.07 Å². The van der Waals surface area contributed by atoms with Crippen molar-refractivity contribution in [1.29, 1.82) is 0 Å². The van der Waals surface area contributed by atoms with Crippen molar-refractivity contribution in [3.63, 3.8) is 0 Å². The summed E-state index contributed by atoms with van der Waals surface area (Å²) < 4.78 is 15.5. The van der Waals surface area contributed by atoms with Crippen LogP contribution in [0.1, 0.15) is 39.8 Å². The van der Waals surface area contributed by atoms with Gasteiger partial charge in [-0.15, -0.1) is 0 Å². The highest BCUT2D eigenvalue weighted by Crippen LogP contribution is 2.23. The smallest absolute Gasteiger partial charge is 0.254 e. The van der Waals surface area contributed by atoms with Gasteiger partial charge in [-0.3, -0.25) is 14.3 Å². The van der Waals surface area contributed by atoms with Gasteiger partial charge in [0.15, 0.2) is 0 Å². The number of hydrogen-bond acceptors (Lipinski definition) is 4. The van der Waals surface area contributed by atoms with Gasteiger partial charge in [0.25, 0.3) is 5.91 Å². The minimum atomic E-state index is -0.993. The molecule has 0 bridgehead atoms. The predicted molar refractivity (Wildman–Crippen MR) is 96.4 cm³/mol. The SMILES string of the molecule is Cc1c(F)cccc1C(=O)N1CCn2nc(C(O)CC(=O)N(C)C)cc2C1. The molecule has 1 aromatic heterocycles. The summed E-state index contributed by atoms with van der Waals surface area (Å²) in [6, 6.07) is 6.19. The van der Waals surface area contributed by atoms with Crippen molar-refractivity contribution < 1.29 is 19.1 Å². The molecule has 2 amide bonds. The van der Waals surface area contributed by atoms with Gasteiger partial charge in [0.05, 0.1) is 30.9 Å². The van der Waals surface area contributed by atoms with Crippen molar-refractivity contribution in [2.75, 3.05) is 20.6 Å². The molecule has 0 saturated heterocycles. The number of carbonyl (C=O) groups excluding carboxylic acids is 2. The normalized spacial score (nSPS) is 14.6. The van der Waals surface area contributed by atoms with Crippen LogP contribution < -0.4 is 0 Å². The lowest BCUT2D eigenvalue weighted by Crippen LogP contribution is -2.38. The molecule has 8 heteroatoms. The summed E-state index contributed by atoms with van der Waals surface area (Å²) >= 11 is 0. The first-order chi connectivity index (χ1) is 12.8. The molecule has 0 saturated carbocycles. The lowest BCUT2D eigenvalue weighted by molar-refractivity contribution is -0.130. The predicted octanol–water partition coefficient (Wildman–Crippen LogP) is 1.50. The highest BCUT2D eigenvalue weighted by atomic mass is 19.1. The van der Waals surface area contributed by atoms with E-state index in [0.29, 0.717) is 36.5 Å². The number of hydrogen-bond donors (Lipinski definition) is 1. The third kappa shape index (κ3) is 3.85. The Hall–Kier alpha value is -2.74. The molecule has 7 nitrogen and oxygen atoms in total. The lowest BCUT2D eigenvalue weighted by Gasteiger charge is -2.28. The molecule has 0 spiro atoms. The van der Waals surface area contributed by atoms with E-state index in [-0.39, 0.29) is 18.2 Å². The van der Waals surface area contributed by atoms with Crippen LogP contribution in [0, 0.1) is 12.7 Å². The van der Waals surface area contributed by atoms with Crippen molar-refractivity contribution in [2.45, 2.75) is 32.5 Å². The summed E-state index contributed by atoms with van der Waals surface area (Å²) in [6.07, 6.45) is -1.04. The third-order valence-corrected chi connectivity index (χ3v) is 4.81. The molecule has 0 fully saturated rings. The molecule has 27 heavy (non-hydrogen) atoms. The van der Waals surface area contributed by atoms with E-state index in [1.807, 2.05) is 0 Å². The minimum absolute atomic E-state index is 0.0470. The topological polar surface area (TPSA) is 78.7 Å². The Kier molecular flexibility index (Phi) is 5.27. The van der Waals surface area contributed by atoms with E-state index in [9.17, 15) is 19.1 Å². The average molecular weight is 374 g/mol. The average Bonchev–Trinajstić information content (AvgIpc) is 3.06. The van der Waals surface area contributed by atoms with Crippen LogP contribution in [-0.4, -0.2) is 57.1 Å². The van der Waals surface area contributed by atoms with Crippen LogP contribution >= 0.6 is 0 Å². The Morgan fingerprint density at radius 1 is 1.33 bits per heavy atom. The number of aromatic nitrogens is 2. The highest BCUT2D eigenvalue weighted by molar-refractivity contribution is 5.95. The van der Waals surface area contributed by atoms with E-state index >= 15 is 0 Å². The van der Waals surface area contributed by atoms with Gasteiger partial charge >= 0.3 is 0 Å². The molecular formula is C19H23FN4O3. The van der Waals surface area contributed by atoms with E-state index in [2.05, 4.69) is 5.10 Å². The van der Waals surface area contributed by atoms with Crippen molar-refractivity contribution in [2.24, 2.45) is 0 Å². The number of benzene rings is 1. The Morgan fingerprint density at radius 2 is 2.07 bits per heavy atom. The molecule has 0 aliphatic carbocycles. The van der Waals surface area contributed by atoms with Crippen LogP contribution in [0.25, 0.3) is 0 Å². The summed E-state index contributed by atoms with van der Waals surface area (Å²) in [5.41, 5.74) is 1.87. The van der Waals surface area contributed by atoms with Gasteiger partial charge in [-0.25, -0.2) is 4.39 Å². The lowest BCUT2D eigenvalue weighted by atomic mass is 10.1. The number of rotatable bonds is 4. The van der Waals surface area contributed by atoms with Crippen LogP contribution in [0.2, 0.25) is 0 Å². The summed E-state index contributed by atoms with van der Waals surface area (Å²) in [4.78, 5) is 27.6. The maximum absolute atomic E-state index is 13.8. The largest absolute Gasteiger partial charge is 0.386 e. The van der Waals surface area contributed by atoms with Crippen LogP contribution in [0.15, 0.2) is 24.3 Å². The molecular weight excluding hydrogens is 351 g/mol. The number of nitrogens with zero attached hydrogens (tertiary/aromatic N) is 4. The van der Waals surface area contributed by atoms with Gasteiger partial charge in [0.1, 0.15) is 11.9 Å². The van der Waals surface area contributed by atoms with E-state index in [0.717, 1.165) is 5.69 Å². The van der Waals surface area contributed by atoms with E-state index < -0.39 is 11.9 Å². The molecule has 1 N–H and O–H groups in total. The summed E-state index contributed by atoms with van der Waals surface area (Å²) in [7, 11) is 3.26. The van der Waals surface area contributed by atoms with Gasteiger partial charge < -0.3 is 14.9 Å². The molecule has 3 rings (SSSR count). The van der Waals surface area contributed by atoms with Gasteiger partial charge in [0.2, 0.25) is 5.91 Å².